The second kappa shape index (κ2) is 15.3. The second-order valence-corrected chi connectivity index (χ2v) is 13.8. The maximum absolute atomic E-state index is 13.0. The van der Waals surface area contributed by atoms with Crippen LogP contribution < -0.4 is 5.73 Å². The molecule has 3 aliphatic rings. The quantitative estimate of drug-likeness (QED) is 0.135. The molecule has 4 aromatic rings. The fourth-order valence-corrected chi connectivity index (χ4v) is 7.36. The van der Waals surface area contributed by atoms with Crippen LogP contribution >= 0.6 is 0 Å². The van der Waals surface area contributed by atoms with E-state index in [0.717, 1.165) is 0 Å². The number of benzene rings is 4. The Morgan fingerprint density at radius 2 is 1.02 bits per heavy atom. The van der Waals surface area contributed by atoms with E-state index in [4.69, 9.17) is 15.2 Å². The topological polar surface area (TPSA) is 78.6 Å². The summed E-state index contributed by atoms with van der Waals surface area (Å²) in [5.74, 6) is -0.233. The van der Waals surface area contributed by atoms with Gasteiger partial charge in [0.1, 0.15) is 18.8 Å². The molecule has 0 radical (unpaired) electrons. The lowest BCUT2D eigenvalue weighted by atomic mass is 9.83. The lowest BCUT2D eigenvalue weighted by molar-refractivity contribution is -0.155. The molecule has 0 saturated heterocycles. The maximum Gasteiger partial charge on any atom is 0.326 e. The fourth-order valence-electron chi connectivity index (χ4n) is 7.36. The molecule has 0 saturated carbocycles. The third-order valence-electron chi connectivity index (χ3n) is 10.3. The highest BCUT2D eigenvalue weighted by molar-refractivity contribution is 5.83. The van der Waals surface area contributed by atoms with E-state index in [0.29, 0.717) is 38.9 Å². The summed E-state index contributed by atoms with van der Waals surface area (Å²) >= 11 is 0. The number of hydrogen-bond donors (Lipinski definition) is 1. The van der Waals surface area contributed by atoms with Gasteiger partial charge in [0.25, 0.3) is 0 Å². The van der Waals surface area contributed by atoms with Crippen LogP contribution in [0.2, 0.25) is 0 Å². The van der Waals surface area contributed by atoms with Crippen LogP contribution in [0.15, 0.2) is 134 Å². The average Bonchev–Trinajstić information content (AvgIpc) is 3.84. The minimum Gasteiger partial charge on any atom is -0.464 e. The molecule has 5 nitrogen and oxygen atoms in total. The highest BCUT2D eigenvalue weighted by Crippen LogP contribution is 2.46. The normalized spacial score (nSPS) is 16.6. The minimum atomic E-state index is -0.877. The molecule has 50 heavy (non-hydrogen) atoms. The zero-order chi connectivity index (χ0) is 35.1. The number of fused-ring (bicyclic) bond motifs is 6. The van der Waals surface area contributed by atoms with Crippen LogP contribution in [0.25, 0.3) is 22.3 Å². The molecule has 0 heterocycles. The molecule has 4 aromatic carbocycles. The Bertz CT molecular complexity index is 1820. The lowest BCUT2D eigenvalue weighted by Crippen LogP contribution is -2.47. The van der Waals surface area contributed by atoms with Crippen LogP contribution in [0.3, 0.4) is 0 Å². The van der Waals surface area contributed by atoms with Gasteiger partial charge < -0.3 is 15.2 Å². The van der Waals surface area contributed by atoms with Crippen molar-refractivity contribution in [2.45, 2.75) is 63.8 Å². The van der Waals surface area contributed by atoms with Gasteiger partial charge in [-0.05, 0) is 91.0 Å². The molecule has 5 heteroatoms. The molecule has 7 rings (SSSR count). The number of esters is 2. The van der Waals surface area contributed by atoms with E-state index >= 15 is 0 Å². The van der Waals surface area contributed by atoms with Crippen molar-refractivity contribution in [1.29, 1.82) is 0 Å². The molecule has 0 fully saturated rings. The summed E-state index contributed by atoms with van der Waals surface area (Å²) in [7, 11) is 0. The fraction of sp³-hybridized carbons (Fsp3) is 0.289. The largest absolute Gasteiger partial charge is 0.464 e. The highest BCUT2D eigenvalue weighted by atomic mass is 16.5. The van der Waals surface area contributed by atoms with Gasteiger partial charge in [-0.2, -0.15) is 0 Å². The van der Waals surface area contributed by atoms with Gasteiger partial charge in [-0.1, -0.05) is 134 Å². The summed E-state index contributed by atoms with van der Waals surface area (Å²) in [5.41, 5.74) is 14.6. The molecule has 0 amide bonds. The van der Waals surface area contributed by atoms with Crippen molar-refractivity contribution in [3.8, 4) is 22.3 Å². The van der Waals surface area contributed by atoms with Gasteiger partial charge in [0, 0.05) is 11.8 Å². The summed E-state index contributed by atoms with van der Waals surface area (Å²) in [6.45, 7) is 6.67. The summed E-state index contributed by atoms with van der Waals surface area (Å²) in [6, 6.07) is 33.5. The molecule has 256 valence electrons. The molecule has 3 aliphatic carbocycles. The molecular formula is C45H47NO4. The van der Waals surface area contributed by atoms with Gasteiger partial charge in [-0.25, -0.2) is 0 Å². The maximum atomic E-state index is 13.0. The number of rotatable bonds is 10. The van der Waals surface area contributed by atoms with E-state index in [9.17, 15) is 9.59 Å². The predicted octanol–water partition coefficient (Wildman–Crippen LogP) is 9.67. The van der Waals surface area contributed by atoms with Crippen molar-refractivity contribution in [1.82, 2.24) is 0 Å². The number of allylic oxidation sites excluding steroid dienone is 4. The van der Waals surface area contributed by atoms with E-state index in [2.05, 4.69) is 72.8 Å². The summed E-state index contributed by atoms with van der Waals surface area (Å²) < 4.78 is 11.5. The molecule has 0 bridgehead atoms. The first kappa shape index (κ1) is 34.8. The first-order valence-electron chi connectivity index (χ1n) is 17.7. The SMILES string of the molecule is CC=CCC(C)(CC=CC)C(=O)OCC1c2ccccc2-c2ccccc21.NC1(C(=O)OCC2c3ccccc3-c3ccccc32)CC=CC1. The number of carbonyl (C=O) groups excluding carboxylic acids is 2. The lowest BCUT2D eigenvalue weighted by Gasteiger charge is -2.26. The van der Waals surface area contributed by atoms with E-state index in [1.165, 1.54) is 44.5 Å². The van der Waals surface area contributed by atoms with Gasteiger partial charge in [0.05, 0.1) is 5.41 Å². The summed E-state index contributed by atoms with van der Waals surface area (Å²) in [5, 5.41) is 0. The first-order chi connectivity index (χ1) is 24.3. The van der Waals surface area contributed by atoms with Crippen LogP contribution in [0, 0.1) is 5.41 Å². The number of hydrogen-bond acceptors (Lipinski definition) is 5. The van der Waals surface area contributed by atoms with Crippen LogP contribution in [0.5, 0.6) is 0 Å². The molecule has 0 aromatic heterocycles. The third kappa shape index (κ3) is 7.01. The van der Waals surface area contributed by atoms with Crippen LogP contribution in [0.1, 0.15) is 80.5 Å². The van der Waals surface area contributed by atoms with Crippen molar-refractivity contribution in [2.24, 2.45) is 11.1 Å². The Hall–Kier alpha value is -5.00. The Morgan fingerprint density at radius 1 is 0.660 bits per heavy atom. The summed E-state index contributed by atoms with van der Waals surface area (Å²) in [6.07, 6.45) is 14.5. The van der Waals surface area contributed by atoms with Gasteiger partial charge in [-0.3, -0.25) is 9.59 Å². The van der Waals surface area contributed by atoms with Gasteiger partial charge in [0.2, 0.25) is 0 Å². The molecule has 0 aliphatic heterocycles. The van der Waals surface area contributed by atoms with E-state index < -0.39 is 11.0 Å². The number of ether oxygens (including phenoxy) is 2. The van der Waals surface area contributed by atoms with Crippen LogP contribution in [0.4, 0.5) is 0 Å². The Balaban J connectivity index is 0.000000175. The molecule has 2 N–H and O–H groups in total. The monoisotopic (exact) mass is 665 g/mol. The number of nitrogens with two attached hydrogens (primary N) is 1. The minimum absolute atomic E-state index is 0.0873. The van der Waals surface area contributed by atoms with Crippen LogP contribution in [-0.4, -0.2) is 30.7 Å². The van der Waals surface area contributed by atoms with E-state index in [1.807, 2.05) is 81.5 Å². The van der Waals surface area contributed by atoms with E-state index in [1.54, 1.807) is 0 Å². The number of carbonyl (C=O) groups is 2. The van der Waals surface area contributed by atoms with Gasteiger partial charge in [-0.15, -0.1) is 0 Å². The molecular weight excluding hydrogens is 618 g/mol. The Labute approximate surface area is 296 Å². The molecule has 0 atom stereocenters. The average molecular weight is 666 g/mol. The predicted molar refractivity (Wildman–Crippen MR) is 202 cm³/mol. The smallest absolute Gasteiger partial charge is 0.326 e. The Kier molecular flexibility index (Phi) is 10.6. The standard InChI is InChI=1S/C25H28O2.C20H19NO2/c1-4-6-16-25(3,17-7-5-2)24(26)27-18-23-21-14-10-8-12-19(21)20-13-9-11-15-22(20)23;21-20(11-5-6-12-20)19(22)23-13-18-16-9-3-1-7-14(16)15-8-2-4-10-17(15)18/h4-15,23H,16-18H2,1-3H3;1-10,18H,11-13,21H2. The summed E-state index contributed by atoms with van der Waals surface area (Å²) in [4.78, 5) is 25.3. The zero-order valence-electron chi connectivity index (χ0n) is 29.3. The molecule has 0 spiro atoms. The second-order valence-electron chi connectivity index (χ2n) is 13.8. The van der Waals surface area contributed by atoms with Crippen molar-refractivity contribution in [3.63, 3.8) is 0 Å². The van der Waals surface area contributed by atoms with Crippen molar-refractivity contribution in [2.75, 3.05) is 13.2 Å². The zero-order valence-corrected chi connectivity index (χ0v) is 29.3. The van der Waals surface area contributed by atoms with Gasteiger partial charge >= 0.3 is 11.9 Å². The van der Waals surface area contributed by atoms with Gasteiger partial charge in [0.15, 0.2) is 0 Å². The Morgan fingerprint density at radius 3 is 1.40 bits per heavy atom. The van der Waals surface area contributed by atoms with Crippen LogP contribution in [-0.2, 0) is 19.1 Å². The van der Waals surface area contributed by atoms with Crippen molar-refractivity contribution < 1.29 is 19.1 Å². The third-order valence-corrected chi connectivity index (χ3v) is 10.3. The van der Waals surface area contributed by atoms with Crippen molar-refractivity contribution in [3.05, 3.63) is 156 Å². The van der Waals surface area contributed by atoms with Crippen molar-refractivity contribution >= 4 is 11.9 Å². The van der Waals surface area contributed by atoms with E-state index in [-0.39, 0.29) is 23.8 Å². The highest BCUT2D eigenvalue weighted by Gasteiger charge is 2.38. The molecule has 0 unspecified atom stereocenters. The first-order valence-corrected chi connectivity index (χ1v) is 17.7.